The summed E-state index contributed by atoms with van der Waals surface area (Å²) in [6.45, 7) is 3.79. The van der Waals surface area contributed by atoms with Gasteiger partial charge in [-0.3, -0.25) is 14.3 Å². The Morgan fingerprint density at radius 2 is 2.12 bits per heavy atom. The number of thiazole rings is 1. The summed E-state index contributed by atoms with van der Waals surface area (Å²) in [5.74, 6) is 0.305. The van der Waals surface area contributed by atoms with Crippen LogP contribution in [0.3, 0.4) is 0 Å². The Balaban J connectivity index is 1.50. The lowest BCUT2D eigenvalue weighted by atomic mass is 9.96. The number of amides is 2. The van der Waals surface area contributed by atoms with E-state index in [0.717, 1.165) is 36.8 Å². The minimum atomic E-state index is -0.134. The average molecular weight is 362 g/mol. The van der Waals surface area contributed by atoms with Gasteiger partial charge in [-0.1, -0.05) is 0 Å². The molecule has 2 N–H and O–H groups in total. The molecule has 1 aliphatic heterocycles. The van der Waals surface area contributed by atoms with E-state index in [2.05, 4.69) is 25.6 Å². The smallest absolute Gasteiger partial charge is 0.241 e. The lowest BCUT2D eigenvalue weighted by Crippen LogP contribution is -2.38. The molecule has 8 nitrogen and oxygen atoms in total. The van der Waals surface area contributed by atoms with E-state index in [1.807, 2.05) is 12.3 Å². The van der Waals surface area contributed by atoms with Crippen LogP contribution in [0.2, 0.25) is 0 Å². The highest BCUT2D eigenvalue weighted by atomic mass is 32.1. The highest BCUT2D eigenvalue weighted by molar-refractivity contribution is 7.13. The van der Waals surface area contributed by atoms with Crippen LogP contribution in [0.1, 0.15) is 18.5 Å². The van der Waals surface area contributed by atoms with E-state index in [9.17, 15) is 9.59 Å². The second-order valence-corrected chi connectivity index (χ2v) is 6.93. The van der Waals surface area contributed by atoms with Crippen LogP contribution in [0.25, 0.3) is 0 Å². The molecule has 0 unspecified atom stereocenters. The Morgan fingerprint density at radius 3 is 2.76 bits per heavy atom. The number of rotatable bonds is 5. The molecule has 1 fully saturated rings. The van der Waals surface area contributed by atoms with Crippen LogP contribution < -0.4 is 15.5 Å². The van der Waals surface area contributed by atoms with E-state index in [4.69, 9.17) is 0 Å². The summed E-state index contributed by atoms with van der Waals surface area (Å²) < 4.78 is 1.50. The molecule has 0 aliphatic carbocycles. The zero-order chi connectivity index (χ0) is 17.8. The first kappa shape index (κ1) is 17.4. The third-order valence-corrected chi connectivity index (χ3v) is 5.24. The first-order valence-electron chi connectivity index (χ1n) is 8.27. The average Bonchev–Trinajstić information content (AvgIpc) is 3.24. The van der Waals surface area contributed by atoms with E-state index in [-0.39, 0.29) is 24.3 Å². The highest BCUT2D eigenvalue weighted by Crippen LogP contribution is 2.26. The monoisotopic (exact) mass is 362 g/mol. The Morgan fingerprint density at radius 1 is 1.36 bits per heavy atom. The van der Waals surface area contributed by atoms with Gasteiger partial charge in [-0.05, 0) is 19.8 Å². The molecule has 3 heterocycles. The Kier molecular flexibility index (Phi) is 5.32. The summed E-state index contributed by atoms with van der Waals surface area (Å²) in [4.78, 5) is 30.5. The number of aryl methyl sites for hydroxylation is 1. The second-order valence-electron chi connectivity index (χ2n) is 6.09. The van der Waals surface area contributed by atoms with E-state index in [0.29, 0.717) is 5.82 Å². The van der Waals surface area contributed by atoms with Gasteiger partial charge in [0, 0.05) is 43.7 Å². The molecule has 1 aliphatic rings. The fourth-order valence-corrected chi connectivity index (χ4v) is 3.65. The summed E-state index contributed by atoms with van der Waals surface area (Å²) in [6, 6.07) is 1.70. The second kappa shape index (κ2) is 7.64. The van der Waals surface area contributed by atoms with Gasteiger partial charge < -0.3 is 15.5 Å². The number of hydrogen-bond acceptors (Lipinski definition) is 6. The number of carbonyl (C=O) groups excluding carboxylic acids is 2. The molecule has 2 amide bonds. The topological polar surface area (TPSA) is 92.2 Å². The van der Waals surface area contributed by atoms with Crippen LogP contribution in [-0.4, -0.2) is 46.7 Å². The van der Waals surface area contributed by atoms with Gasteiger partial charge in [0.05, 0.1) is 5.69 Å². The normalized spacial score (nSPS) is 15.2. The first-order chi connectivity index (χ1) is 12.0. The van der Waals surface area contributed by atoms with Gasteiger partial charge in [0.1, 0.15) is 6.54 Å². The maximum absolute atomic E-state index is 12.4. The predicted octanol–water partition coefficient (Wildman–Crippen LogP) is 1.25. The van der Waals surface area contributed by atoms with Crippen LogP contribution in [0.15, 0.2) is 17.6 Å². The molecule has 0 atom stereocenters. The van der Waals surface area contributed by atoms with Crippen molar-refractivity contribution in [1.29, 1.82) is 0 Å². The van der Waals surface area contributed by atoms with Gasteiger partial charge in [0.15, 0.2) is 10.9 Å². The Bertz CT molecular complexity index is 747. The van der Waals surface area contributed by atoms with Gasteiger partial charge in [-0.2, -0.15) is 5.10 Å². The van der Waals surface area contributed by atoms with Crippen LogP contribution in [0.4, 0.5) is 10.9 Å². The van der Waals surface area contributed by atoms with Gasteiger partial charge in [-0.15, -0.1) is 11.3 Å². The van der Waals surface area contributed by atoms with Crippen molar-refractivity contribution in [3.8, 4) is 0 Å². The number of aromatic nitrogens is 3. The standard InChI is InChI=1S/C16H22N6O2S/c1-11-10-25-16(18-11)21-6-3-12(4-7-21)15(24)19-13-5-8-22(20-13)9-14(23)17-2/h5,8,10,12H,3-4,6-7,9H2,1-2H3,(H,17,23)(H,19,20,24). The quantitative estimate of drug-likeness (QED) is 0.835. The van der Waals surface area contributed by atoms with Crippen molar-refractivity contribution in [1.82, 2.24) is 20.1 Å². The maximum atomic E-state index is 12.4. The summed E-state index contributed by atoms with van der Waals surface area (Å²) >= 11 is 1.65. The predicted molar refractivity (Wildman–Crippen MR) is 96.7 cm³/mol. The van der Waals surface area contributed by atoms with Crippen LogP contribution >= 0.6 is 11.3 Å². The number of nitrogens with zero attached hydrogens (tertiary/aromatic N) is 4. The van der Waals surface area contributed by atoms with Gasteiger partial charge in [0.2, 0.25) is 11.8 Å². The van der Waals surface area contributed by atoms with Crippen LogP contribution in [0, 0.1) is 12.8 Å². The molecule has 134 valence electrons. The lowest BCUT2D eigenvalue weighted by Gasteiger charge is -2.30. The molecule has 3 rings (SSSR count). The highest BCUT2D eigenvalue weighted by Gasteiger charge is 2.26. The van der Waals surface area contributed by atoms with Crippen molar-refractivity contribution in [2.45, 2.75) is 26.3 Å². The van der Waals surface area contributed by atoms with E-state index >= 15 is 0 Å². The first-order valence-corrected chi connectivity index (χ1v) is 9.15. The van der Waals surface area contributed by atoms with Crippen molar-refractivity contribution >= 4 is 34.1 Å². The molecule has 0 bridgehead atoms. The van der Waals surface area contributed by atoms with Gasteiger partial charge in [-0.25, -0.2) is 4.98 Å². The van der Waals surface area contributed by atoms with Gasteiger partial charge >= 0.3 is 0 Å². The largest absolute Gasteiger partial charge is 0.358 e. The maximum Gasteiger partial charge on any atom is 0.241 e. The van der Waals surface area contributed by atoms with E-state index in [1.54, 1.807) is 30.6 Å². The minimum absolute atomic E-state index is 0.0137. The number of hydrogen-bond donors (Lipinski definition) is 2. The minimum Gasteiger partial charge on any atom is -0.358 e. The summed E-state index contributed by atoms with van der Waals surface area (Å²) in [5.41, 5.74) is 1.03. The molecule has 2 aromatic rings. The molecular formula is C16H22N6O2S. The number of carbonyl (C=O) groups is 2. The molecule has 0 radical (unpaired) electrons. The third kappa shape index (κ3) is 4.36. The number of likely N-dealkylation sites (N-methyl/N-ethyl adjacent to an activating group) is 1. The molecule has 25 heavy (non-hydrogen) atoms. The number of piperidine rings is 1. The van der Waals surface area contributed by atoms with E-state index in [1.165, 1.54) is 4.68 Å². The van der Waals surface area contributed by atoms with Gasteiger partial charge in [0.25, 0.3) is 0 Å². The third-order valence-electron chi connectivity index (χ3n) is 4.22. The zero-order valence-corrected chi connectivity index (χ0v) is 15.2. The fraction of sp³-hybridized carbons (Fsp3) is 0.500. The van der Waals surface area contributed by atoms with Crippen LogP contribution in [-0.2, 0) is 16.1 Å². The van der Waals surface area contributed by atoms with Crippen molar-refractivity contribution in [2.75, 3.05) is 30.4 Å². The van der Waals surface area contributed by atoms with Crippen molar-refractivity contribution in [3.05, 3.63) is 23.3 Å². The lowest BCUT2D eigenvalue weighted by molar-refractivity contribution is -0.121. The molecular weight excluding hydrogens is 340 g/mol. The molecule has 9 heteroatoms. The summed E-state index contributed by atoms with van der Waals surface area (Å²) in [6.07, 6.45) is 3.27. The Labute approximate surface area is 150 Å². The fourth-order valence-electron chi connectivity index (χ4n) is 2.79. The van der Waals surface area contributed by atoms with E-state index < -0.39 is 0 Å². The van der Waals surface area contributed by atoms with Crippen molar-refractivity contribution in [2.24, 2.45) is 5.92 Å². The number of nitrogens with one attached hydrogen (secondary N) is 2. The van der Waals surface area contributed by atoms with Crippen molar-refractivity contribution in [3.63, 3.8) is 0 Å². The molecule has 2 aromatic heterocycles. The molecule has 1 saturated heterocycles. The molecule has 0 spiro atoms. The summed E-state index contributed by atoms with van der Waals surface area (Å²) in [5, 5.41) is 12.7. The summed E-state index contributed by atoms with van der Waals surface area (Å²) in [7, 11) is 1.58. The Hall–Kier alpha value is -2.42. The molecule has 0 saturated carbocycles. The number of anilines is 2. The van der Waals surface area contributed by atoms with Crippen molar-refractivity contribution < 1.29 is 9.59 Å². The van der Waals surface area contributed by atoms with Crippen LogP contribution in [0.5, 0.6) is 0 Å². The molecule has 0 aromatic carbocycles. The zero-order valence-electron chi connectivity index (χ0n) is 14.4. The SMILES string of the molecule is CNC(=O)Cn1ccc(NC(=O)C2CCN(c3nc(C)cs3)CC2)n1.